The van der Waals surface area contributed by atoms with Crippen molar-refractivity contribution >= 4 is 5.91 Å². The fourth-order valence-corrected chi connectivity index (χ4v) is 2.60. The summed E-state index contributed by atoms with van der Waals surface area (Å²) in [7, 11) is 0. The van der Waals surface area contributed by atoms with Crippen LogP contribution in [-0.4, -0.2) is 36.0 Å². The van der Waals surface area contributed by atoms with Gasteiger partial charge in [0.1, 0.15) is 0 Å². The van der Waals surface area contributed by atoms with Crippen LogP contribution in [0.3, 0.4) is 0 Å². The molecule has 17 heavy (non-hydrogen) atoms. The number of nitrogens with zero attached hydrogens (tertiary/aromatic N) is 1. The lowest BCUT2D eigenvalue weighted by molar-refractivity contribution is -0.134. The third-order valence-electron chi connectivity index (χ3n) is 4.02. The molecule has 1 amide bonds. The van der Waals surface area contributed by atoms with Gasteiger partial charge in [-0.15, -0.1) is 0 Å². The molecule has 1 aliphatic heterocycles. The van der Waals surface area contributed by atoms with Crippen molar-refractivity contribution in [2.24, 2.45) is 11.8 Å². The van der Waals surface area contributed by atoms with E-state index in [0.717, 1.165) is 25.9 Å². The maximum Gasteiger partial charge on any atom is 0.240 e. The van der Waals surface area contributed by atoms with Gasteiger partial charge < -0.3 is 10.2 Å². The van der Waals surface area contributed by atoms with E-state index in [1.54, 1.807) is 0 Å². The normalized spacial score (nSPS) is 28.7. The summed E-state index contributed by atoms with van der Waals surface area (Å²) in [6.07, 6.45) is 4.69. The van der Waals surface area contributed by atoms with Crippen molar-refractivity contribution in [3.05, 3.63) is 0 Å². The minimum atomic E-state index is 0.0859. The Labute approximate surface area is 105 Å². The first-order valence-electron chi connectivity index (χ1n) is 7.13. The molecule has 1 N–H and O–H groups in total. The summed E-state index contributed by atoms with van der Waals surface area (Å²) in [6, 6.07) is 0.638. The number of hydrogen-bond donors (Lipinski definition) is 1. The number of nitrogens with one attached hydrogen (secondary N) is 1. The van der Waals surface area contributed by atoms with E-state index < -0.39 is 0 Å². The van der Waals surface area contributed by atoms with Crippen molar-refractivity contribution in [3.8, 4) is 0 Å². The molecule has 1 aliphatic carbocycles. The van der Waals surface area contributed by atoms with Crippen molar-refractivity contribution in [2.45, 2.75) is 58.5 Å². The lowest BCUT2D eigenvalue weighted by atomic mass is 10.0. The maximum atomic E-state index is 12.5. The van der Waals surface area contributed by atoms with Gasteiger partial charge in [0, 0.05) is 12.6 Å². The van der Waals surface area contributed by atoms with Gasteiger partial charge in [0.05, 0.1) is 6.04 Å². The fraction of sp³-hybridized carbons (Fsp3) is 0.929. The Kier molecular flexibility index (Phi) is 4.08. The Bertz CT molecular complexity index is 273. The Morgan fingerprint density at radius 2 is 2.06 bits per heavy atom. The van der Waals surface area contributed by atoms with Crippen LogP contribution in [0.2, 0.25) is 0 Å². The number of rotatable bonds is 5. The second-order valence-electron chi connectivity index (χ2n) is 6.14. The van der Waals surface area contributed by atoms with Crippen LogP contribution in [0.25, 0.3) is 0 Å². The van der Waals surface area contributed by atoms with Crippen LogP contribution < -0.4 is 5.32 Å². The molecule has 98 valence electrons. The predicted molar refractivity (Wildman–Crippen MR) is 69.8 cm³/mol. The molecule has 2 aliphatic rings. The average molecular weight is 238 g/mol. The molecule has 2 atom stereocenters. The molecule has 0 bridgehead atoms. The Balaban J connectivity index is 1.92. The Morgan fingerprint density at radius 1 is 1.35 bits per heavy atom. The van der Waals surface area contributed by atoms with Crippen LogP contribution in [-0.2, 0) is 4.79 Å². The third-order valence-corrected chi connectivity index (χ3v) is 4.02. The predicted octanol–water partition coefficient (Wildman–Crippen LogP) is 2.02. The summed E-state index contributed by atoms with van der Waals surface area (Å²) in [6.45, 7) is 8.60. The monoisotopic (exact) mass is 238 g/mol. The van der Waals surface area contributed by atoms with Gasteiger partial charge in [-0.2, -0.15) is 0 Å². The van der Waals surface area contributed by atoms with E-state index in [1.165, 1.54) is 12.8 Å². The lowest BCUT2D eigenvalue weighted by Gasteiger charge is -2.28. The standard InChI is InChI=1S/C14H26N2O/c1-10(2)7-9-16(12-4-5-12)14(17)13-11(3)6-8-15-13/h10-13,15H,4-9H2,1-3H3. The van der Waals surface area contributed by atoms with E-state index >= 15 is 0 Å². The molecule has 1 saturated heterocycles. The Morgan fingerprint density at radius 3 is 2.53 bits per heavy atom. The van der Waals surface area contributed by atoms with Gasteiger partial charge in [-0.1, -0.05) is 20.8 Å². The topological polar surface area (TPSA) is 32.3 Å². The average Bonchev–Trinajstić information content (AvgIpc) is 3.00. The largest absolute Gasteiger partial charge is 0.338 e. The second kappa shape index (κ2) is 5.38. The van der Waals surface area contributed by atoms with Crippen molar-refractivity contribution in [3.63, 3.8) is 0 Å². The molecule has 0 radical (unpaired) electrons. The first kappa shape index (κ1) is 12.9. The number of hydrogen-bond acceptors (Lipinski definition) is 2. The molecule has 1 heterocycles. The van der Waals surface area contributed by atoms with E-state index in [9.17, 15) is 4.79 Å². The van der Waals surface area contributed by atoms with E-state index in [2.05, 4.69) is 31.0 Å². The van der Waals surface area contributed by atoms with Crippen LogP contribution in [0, 0.1) is 11.8 Å². The molecule has 0 aromatic rings. The van der Waals surface area contributed by atoms with Gasteiger partial charge in [0.2, 0.25) is 5.91 Å². The summed E-state index contributed by atoms with van der Waals surface area (Å²) >= 11 is 0. The fourth-order valence-electron chi connectivity index (χ4n) is 2.60. The molecule has 2 rings (SSSR count). The first-order chi connectivity index (χ1) is 8.09. The highest BCUT2D eigenvalue weighted by Crippen LogP contribution is 2.29. The number of carbonyl (C=O) groups is 1. The minimum Gasteiger partial charge on any atom is -0.338 e. The van der Waals surface area contributed by atoms with E-state index in [4.69, 9.17) is 0 Å². The van der Waals surface area contributed by atoms with Crippen LogP contribution >= 0.6 is 0 Å². The molecule has 2 unspecified atom stereocenters. The lowest BCUT2D eigenvalue weighted by Crippen LogP contribution is -2.47. The van der Waals surface area contributed by atoms with Crippen molar-refractivity contribution in [2.75, 3.05) is 13.1 Å². The summed E-state index contributed by atoms with van der Waals surface area (Å²) < 4.78 is 0. The number of amides is 1. The molecule has 3 nitrogen and oxygen atoms in total. The third kappa shape index (κ3) is 3.21. The zero-order valence-corrected chi connectivity index (χ0v) is 11.4. The molecule has 0 spiro atoms. The van der Waals surface area contributed by atoms with E-state index in [1.807, 2.05) is 0 Å². The molecular formula is C14H26N2O. The summed E-state index contributed by atoms with van der Waals surface area (Å²) in [5, 5.41) is 3.37. The molecule has 0 aromatic heterocycles. The summed E-state index contributed by atoms with van der Waals surface area (Å²) in [4.78, 5) is 14.7. The van der Waals surface area contributed by atoms with Crippen LogP contribution in [0.5, 0.6) is 0 Å². The van der Waals surface area contributed by atoms with Crippen LogP contribution in [0.4, 0.5) is 0 Å². The highest BCUT2D eigenvalue weighted by atomic mass is 16.2. The summed E-state index contributed by atoms with van der Waals surface area (Å²) in [5.41, 5.74) is 0. The van der Waals surface area contributed by atoms with Crippen LogP contribution in [0.15, 0.2) is 0 Å². The second-order valence-corrected chi connectivity index (χ2v) is 6.14. The molecular weight excluding hydrogens is 212 g/mol. The zero-order chi connectivity index (χ0) is 12.4. The van der Waals surface area contributed by atoms with Gasteiger partial charge in [-0.3, -0.25) is 4.79 Å². The highest BCUT2D eigenvalue weighted by molar-refractivity contribution is 5.83. The maximum absolute atomic E-state index is 12.5. The highest BCUT2D eigenvalue weighted by Gasteiger charge is 2.38. The first-order valence-corrected chi connectivity index (χ1v) is 7.13. The van der Waals surface area contributed by atoms with Crippen molar-refractivity contribution in [1.82, 2.24) is 10.2 Å². The quantitative estimate of drug-likeness (QED) is 0.795. The van der Waals surface area contributed by atoms with Crippen LogP contribution in [0.1, 0.15) is 46.5 Å². The number of carbonyl (C=O) groups excluding carboxylic acids is 1. The van der Waals surface area contributed by atoms with Gasteiger partial charge in [0.25, 0.3) is 0 Å². The molecule has 1 saturated carbocycles. The van der Waals surface area contributed by atoms with Gasteiger partial charge in [0.15, 0.2) is 0 Å². The smallest absolute Gasteiger partial charge is 0.240 e. The summed E-state index contributed by atoms with van der Waals surface area (Å²) in [5.74, 6) is 1.54. The Hall–Kier alpha value is -0.570. The van der Waals surface area contributed by atoms with Gasteiger partial charge in [-0.25, -0.2) is 0 Å². The SMILES string of the molecule is CC(C)CCN(C(=O)C1NCCC1C)C1CC1. The van der Waals surface area contributed by atoms with E-state index in [0.29, 0.717) is 23.8 Å². The molecule has 0 aromatic carbocycles. The zero-order valence-electron chi connectivity index (χ0n) is 11.4. The van der Waals surface area contributed by atoms with Gasteiger partial charge >= 0.3 is 0 Å². The van der Waals surface area contributed by atoms with E-state index in [-0.39, 0.29) is 6.04 Å². The van der Waals surface area contributed by atoms with Gasteiger partial charge in [-0.05, 0) is 44.1 Å². The van der Waals surface area contributed by atoms with Crippen molar-refractivity contribution in [1.29, 1.82) is 0 Å². The minimum absolute atomic E-state index is 0.0859. The molecule has 3 heteroatoms. The molecule has 2 fully saturated rings. The van der Waals surface area contributed by atoms with Crippen molar-refractivity contribution < 1.29 is 4.79 Å².